The Balaban J connectivity index is 1.63. The van der Waals surface area contributed by atoms with Crippen LogP contribution in [0.4, 0.5) is 18.9 Å². The van der Waals surface area contributed by atoms with Gasteiger partial charge in [-0.3, -0.25) is 9.59 Å². The van der Waals surface area contributed by atoms with Crippen molar-refractivity contribution in [3.63, 3.8) is 0 Å². The van der Waals surface area contributed by atoms with Gasteiger partial charge >= 0.3 is 5.63 Å². The van der Waals surface area contributed by atoms with Gasteiger partial charge in [-0.15, -0.1) is 0 Å². The molecule has 3 rings (SSSR count). The van der Waals surface area contributed by atoms with Crippen LogP contribution in [0.15, 0.2) is 51.7 Å². The summed E-state index contributed by atoms with van der Waals surface area (Å²) in [6, 6.07) is 9.16. The van der Waals surface area contributed by atoms with Crippen LogP contribution in [0.5, 0.6) is 5.75 Å². The molecule has 32 heavy (non-hydrogen) atoms. The fourth-order valence-corrected chi connectivity index (χ4v) is 2.91. The van der Waals surface area contributed by atoms with E-state index in [1.54, 1.807) is 25.1 Å². The van der Waals surface area contributed by atoms with Gasteiger partial charge < -0.3 is 19.4 Å². The van der Waals surface area contributed by atoms with Gasteiger partial charge in [-0.25, -0.2) is 18.0 Å². The van der Waals surface area contributed by atoms with Crippen LogP contribution in [0.25, 0.3) is 11.0 Å². The summed E-state index contributed by atoms with van der Waals surface area (Å²) in [5, 5.41) is 2.80. The maximum Gasteiger partial charge on any atom is 0.336 e. The predicted octanol–water partition coefficient (Wildman–Crippen LogP) is 3.47. The zero-order valence-electron chi connectivity index (χ0n) is 17.0. The van der Waals surface area contributed by atoms with Gasteiger partial charge in [-0.2, -0.15) is 0 Å². The molecule has 1 N–H and O–H groups in total. The molecule has 2 aromatic carbocycles. The first-order valence-corrected chi connectivity index (χ1v) is 9.66. The number of anilines is 1. The highest BCUT2D eigenvalue weighted by atomic mass is 19.2. The van der Waals surface area contributed by atoms with Crippen LogP contribution < -0.4 is 15.7 Å². The van der Waals surface area contributed by atoms with Gasteiger partial charge in [0, 0.05) is 24.1 Å². The fraction of sp³-hybridized carbons (Fsp3) is 0.227. The average Bonchev–Trinajstić information content (AvgIpc) is 2.77. The lowest BCUT2D eigenvalue weighted by atomic mass is 10.2. The molecular weight excluding hydrogens is 429 g/mol. The molecule has 0 unspecified atom stereocenters. The van der Waals surface area contributed by atoms with Crippen LogP contribution >= 0.6 is 0 Å². The number of hydrogen-bond donors (Lipinski definition) is 1. The van der Waals surface area contributed by atoms with E-state index < -0.39 is 53.7 Å². The van der Waals surface area contributed by atoms with Crippen LogP contribution in [0.1, 0.15) is 13.3 Å². The number of carbonyl (C=O) groups excluding carboxylic acids is 2. The smallest absolute Gasteiger partial charge is 0.336 e. The van der Waals surface area contributed by atoms with E-state index in [9.17, 15) is 27.6 Å². The molecule has 7 nitrogen and oxygen atoms in total. The molecule has 0 aliphatic carbocycles. The number of carbonyl (C=O) groups is 2. The second kappa shape index (κ2) is 9.99. The maximum absolute atomic E-state index is 13.8. The molecule has 10 heteroatoms. The molecule has 0 bridgehead atoms. The minimum absolute atomic E-state index is 0.211. The lowest BCUT2D eigenvalue weighted by molar-refractivity contribution is -0.136. The first-order chi connectivity index (χ1) is 15.3. The number of fused-ring (bicyclic) bond motifs is 1. The lowest BCUT2D eigenvalue weighted by Crippen LogP contribution is -2.41. The zero-order valence-corrected chi connectivity index (χ0v) is 17.0. The van der Waals surface area contributed by atoms with Gasteiger partial charge in [0.1, 0.15) is 11.3 Å². The SMILES string of the molecule is CCCN(CC(=O)Nc1ccc(F)c(F)c1F)C(=O)COc1ccc2ccc(=O)oc2c1. The molecule has 0 saturated carbocycles. The third-order valence-electron chi connectivity index (χ3n) is 4.45. The van der Waals surface area contributed by atoms with Crippen LogP contribution in [0, 0.1) is 17.5 Å². The third kappa shape index (κ3) is 5.45. The Morgan fingerprint density at radius 3 is 2.56 bits per heavy atom. The van der Waals surface area contributed by atoms with Crippen LogP contribution in [-0.2, 0) is 9.59 Å². The Morgan fingerprint density at radius 2 is 1.81 bits per heavy atom. The first-order valence-electron chi connectivity index (χ1n) is 9.66. The summed E-state index contributed by atoms with van der Waals surface area (Å²) in [6.07, 6.45) is 0.527. The van der Waals surface area contributed by atoms with E-state index in [1.165, 1.54) is 17.0 Å². The highest BCUT2D eigenvalue weighted by Crippen LogP contribution is 2.20. The highest BCUT2D eigenvalue weighted by molar-refractivity contribution is 5.94. The topological polar surface area (TPSA) is 88.9 Å². The normalized spacial score (nSPS) is 10.8. The van der Waals surface area contributed by atoms with Crippen molar-refractivity contribution in [3.05, 3.63) is 70.3 Å². The van der Waals surface area contributed by atoms with Crippen molar-refractivity contribution in [2.45, 2.75) is 13.3 Å². The number of nitrogens with one attached hydrogen (secondary N) is 1. The molecule has 0 fully saturated rings. The fourth-order valence-electron chi connectivity index (χ4n) is 2.91. The number of nitrogens with zero attached hydrogens (tertiary/aromatic N) is 1. The number of rotatable bonds is 8. The van der Waals surface area contributed by atoms with Gasteiger partial charge in [0.2, 0.25) is 5.91 Å². The summed E-state index contributed by atoms with van der Waals surface area (Å²) in [7, 11) is 0. The zero-order chi connectivity index (χ0) is 23.3. The second-order valence-corrected chi connectivity index (χ2v) is 6.83. The lowest BCUT2D eigenvalue weighted by Gasteiger charge is -2.22. The van der Waals surface area contributed by atoms with Gasteiger partial charge in [0.25, 0.3) is 5.91 Å². The summed E-state index contributed by atoms with van der Waals surface area (Å²) in [5.74, 6) is -5.65. The van der Waals surface area contributed by atoms with Gasteiger partial charge in [-0.05, 0) is 36.8 Å². The minimum atomic E-state index is -1.70. The van der Waals surface area contributed by atoms with Crippen molar-refractivity contribution in [3.8, 4) is 5.75 Å². The Labute approximate surface area is 180 Å². The standard InChI is InChI=1S/C22H19F3N2O5/c1-2-9-27(11-18(28)26-16-7-6-15(23)21(24)22(16)25)19(29)12-31-14-5-3-13-4-8-20(30)32-17(13)10-14/h3-8,10H,2,9,11-12H2,1H3,(H,26,28). The molecule has 0 aliphatic rings. The molecule has 1 aromatic heterocycles. The first kappa shape index (κ1) is 22.9. The van der Waals surface area contributed by atoms with Crippen LogP contribution in [0.3, 0.4) is 0 Å². The number of hydrogen-bond acceptors (Lipinski definition) is 5. The Hall–Kier alpha value is -3.82. The number of benzene rings is 2. The van der Waals surface area contributed by atoms with Crippen molar-refractivity contribution >= 4 is 28.5 Å². The van der Waals surface area contributed by atoms with E-state index >= 15 is 0 Å². The largest absolute Gasteiger partial charge is 0.484 e. The average molecular weight is 448 g/mol. The molecule has 0 radical (unpaired) electrons. The van der Waals surface area contributed by atoms with Crippen molar-refractivity contribution in [2.24, 2.45) is 0 Å². The molecular formula is C22H19F3N2O5. The van der Waals surface area contributed by atoms with Gasteiger partial charge in [0.05, 0.1) is 12.2 Å². The Kier molecular flexibility index (Phi) is 7.14. The molecule has 1 heterocycles. The summed E-state index contributed by atoms with van der Waals surface area (Å²) >= 11 is 0. The van der Waals surface area contributed by atoms with Gasteiger partial charge in [-0.1, -0.05) is 6.92 Å². The molecule has 168 valence electrons. The molecule has 0 spiro atoms. The van der Waals surface area contributed by atoms with E-state index in [0.29, 0.717) is 23.5 Å². The van der Waals surface area contributed by atoms with Crippen LogP contribution in [0.2, 0.25) is 0 Å². The second-order valence-electron chi connectivity index (χ2n) is 6.83. The number of halogens is 3. The summed E-state index contributed by atoms with van der Waals surface area (Å²) in [6.45, 7) is 1.15. The molecule has 0 atom stereocenters. The predicted molar refractivity (Wildman–Crippen MR) is 110 cm³/mol. The van der Waals surface area contributed by atoms with Crippen LogP contribution in [-0.4, -0.2) is 36.4 Å². The maximum atomic E-state index is 13.8. The van der Waals surface area contributed by atoms with Crippen molar-refractivity contribution < 1.29 is 31.9 Å². The van der Waals surface area contributed by atoms with E-state index in [2.05, 4.69) is 5.32 Å². The van der Waals surface area contributed by atoms with Crippen molar-refractivity contribution in [1.82, 2.24) is 4.90 Å². The monoisotopic (exact) mass is 448 g/mol. The number of amides is 2. The minimum Gasteiger partial charge on any atom is -0.484 e. The molecule has 2 amide bonds. The van der Waals surface area contributed by atoms with E-state index in [4.69, 9.17) is 9.15 Å². The quantitative estimate of drug-likeness (QED) is 0.421. The number of ether oxygens (including phenoxy) is 1. The summed E-state index contributed by atoms with van der Waals surface area (Å²) < 4.78 is 50.6. The van der Waals surface area contributed by atoms with E-state index in [1.807, 2.05) is 0 Å². The molecule has 0 aliphatic heterocycles. The highest BCUT2D eigenvalue weighted by Gasteiger charge is 2.20. The van der Waals surface area contributed by atoms with E-state index in [0.717, 1.165) is 6.07 Å². The van der Waals surface area contributed by atoms with Crippen molar-refractivity contribution in [1.29, 1.82) is 0 Å². The third-order valence-corrected chi connectivity index (χ3v) is 4.45. The Morgan fingerprint density at radius 1 is 1.06 bits per heavy atom. The van der Waals surface area contributed by atoms with E-state index in [-0.39, 0.29) is 12.3 Å². The Bertz CT molecular complexity index is 1210. The van der Waals surface area contributed by atoms with Gasteiger partial charge in [0.15, 0.2) is 24.1 Å². The molecule has 0 saturated heterocycles. The molecule has 3 aromatic rings. The summed E-state index contributed by atoms with van der Waals surface area (Å²) in [5.41, 5.74) is -0.768. The van der Waals surface area contributed by atoms with Crippen molar-refractivity contribution in [2.75, 3.05) is 25.0 Å². The summed E-state index contributed by atoms with van der Waals surface area (Å²) in [4.78, 5) is 37.3.